The van der Waals surface area contributed by atoms with Crippen molar-refractivity contribution in [3.05, 3.63) is 70.0 Å². The van der Waals surface area contributed by atoms with Gasteiger partial charge in [0.15, 0.2) is 0 Å². The Kier molecular flexibility index (Phi) is 5.82. The van der Waals surface area contributed by atoms with Crippen molar-refractivity contribution in [2.24, 2.45) is 0 Å². The van der Waals surface area contributed by atoms with Crippen LogP contribution < -0.4 is 10.9 Å². The van der Waals surface area contributed by atoms with E-state index in [9.17, 15) is 22.8 Å². The van der Waals surface area contributed by atoms with Gasteiger partial charge in [0.2, 0.25) is 0 Å². The minimum absolute atomic E-state index is 0.0384. The minimum Gasteiger partial charge on any atom is -0.444 e. The second-order valence-electron chi connectivity index (χ2n) is 7.64. The average Bonchev–Trinajstić information content (AvgIpc) is 2.60. The number of alkyl carbamates (subject to hydrolysis) is 1. The SMILES string of the molecule is CC(C)(C)OC(=O)NCCc1nc2ccc(F)cc2c(=O)n1-c1cc(F)cc(F)c1. The highest BCUT2D eigenvalue weighted by atomic mass is 19.1. The molecule has 158 valence electrons. The molecule has 0 saturated heterocycles. The number of aromatic nitrogens is 2. The quantitative estimate of drug-likeness (QED) is 0.697. The Labute approximate surface area is 170 Å². The monoisotopic (exact) mass is 419 g/mol. The molecule has 0 bridgehead atoms. The first-order valence-corrected chi connectivity index (χ1v) is 9.18. The number of amides is 1. The summed E-state index contributed by atoms with van der Waals surface area (Å²) in [4.78, 5) is 29.2. The molecular formula is C21H20F3N3O3. The highest BCUT2D eigenvalue weighted by molar-refractivity contribution is 5.78. The van der Waals surface area contributed by atoms with Crippen molar-refractivity contribution < 1.29 is 22.7 Å². The third-order valence-electron chi connectivity index (χ3n) is 4.02. The van der Waals surface area contributed by atoms with Crippen molar-refractivity contribution in [1.82, 2.24) is 14.9 Å². The van der Waals surface area contributed by atoms with Gasteiger partial charge in [-0.1, -0.05) is 0 Å². The second kappa shape index (κ2) is 8.17. The van der Waals surface area contributed by atoms with Gasteiger partial charge < -0.3 is 10.1 Å². The van der Waals surface area contributed by atoms with Gasteiger partial charge >= 0.3 is 6.09 Å². The number of halogens is 3. The minimum atomic E-state index is -0.880. The van der Waals surface area contributed by atoms with Gasteiger partial charge in [-0.15, -0.1) is 0 Å². The van der Waals surface area contributed by atoms with Crippen LogP contribution in [0.4, 0.5) is 18.0 Å². The molecule has 3 rings (SSSR count). The lowest BCUT2D eigenvalue weighted by Gasteiger charge is -2.20. The molecule has 1 amide bonds. The maximum absolute atomic E-state index is 13.8. The van der Waals surface area contributed by atoms with E-state index in [1.54, 1.807) is 20.8 Å². The molecule has 9 heteroatoms. The van der Waals surface area contributed by atoms with Crippen LogP contribution in [0.15, 0.2) is 41.2 Å². The fourth-order valence-electron chi connectivity index (χ4n) is 2.90. The van der Waals surface area contributed by atoms with Crippen LogP contribution in [-0.4, -0.2) is 27.8 Å². The number of carbonyl (C=O) groups is 1. The Hall–Kier alpha value is -3.36. The molecule has 6 nitrogen and oxygen atoms in total. The first-order chi connectivity index (χ1) is 14.0. The van der Waals surface area contributed by atoms with Crippen molar-refractivity contribution in [2.75, 3.05) is 6.54 Å². The van der Waals surface area contributed by atoms with Crippen molar-refractivity contribution >= 4 is 17.0 Å². The summed E-state index contributed by atoms with van der Waals surface area (Å²) in [6.07, 6.45) is -0.601. The molecule has 0 fully saturated rings. The number of rotatable bonds is 4. The number of carbonyl (C=O) groups excluding carboxylic acids is 1. The summed E-state index contributed by atoms with van der Waals surface area (Å²) < 4.78 is 47.3. The molecule has 2 aromatic carbocycles. The number of nitrogens with one attached hydrogen (secondary N) is 1. The first kappa shape index (κ1) is 21.4. The normalized spacial score (nSPS) is 11.5. The molecule has 3 aromatic rings. The molecule has 0 radical (unpaired) electrons. The van der Waals surface area contributed by atoms with E-state index in [4.69, 9.17) is 4.74 Å². The number of ether oxygens (including phenoxy) is 1. The van der Waals surface area contributed by atoms with Crippen LogP contribution >= 0.6 is 0 Å². The van der Waals surface area contributed by atoms with E-state index in [0.717, 1.165) is 28.8 Å². The van der Waals surface area contributed by atoms with Gasteiger partial charge in [-0.25, -0.2) is 22.9 Å². The van der Waals surface area contributed by atoms with Crippen LogP contribution in [-0.2, 0) is 11.2 Å². The largest absolute Gasteiger partial charge is 0.444 e. The predicted molar refractivity (Wildman–Crippen MR) is 105 cm³/mol. The van der Waals surface area contributed by atoms with Crippen LogP contribution in [0.3, 0.4) is 0 Å². The second-order valence-corrected chi connectivity index (χ2v) is 7.64. The molecule has 0 saturated carbocycles. The third-order valence-corrected chi connectivity index (χ3v) is 4.02. The van der Waals surface area contributed by atoms with Crippen molar-refractivity contribution in [3.8, 4) is 5.69 Å². The molecule has 30 heavy (non-hydrogen) atoms. The highest BCUT2D eigenvalue weighted by Gasteiger charge is 2.18. The predicted octanol–water partition coefficient (Wildman–Crippen LogP) is 3.87. The van der Waals surface area contributed by atoms with E-state index in [1.807, 2.05) is 0 Å². The smallest absolute Gasteiger partial charge is 0.407 e. The van der Waals surface area contributed by atoms with Gasteiger partial charge in [0.25, 0.3) is 5.56 Å². The molecule has 0 spiro atoms. The summed E-state index contributed by atoms with van der Waals surface area (Å²) in [5, 5.41) is 2.50. The van der Waals surface area contributed by atoms with Gasteiger partial charge in [0.1, 0.15) is 28.9 Å². The van der Waals surface area contributed by atoms with Crippen LogP contribution in [0.2, 0.25) is 0 Å². The standard InChI is InChI=1S/C21H20F3N3O3/c1-21(2,3)30-20(29)25-7-6-18-26-17-5-4-12(22)11-16(17)19(28)27(18)15-9-13(23)8-14(24)10-15/h4-5,8-11H,6-7H2,1-3H3,(H,25,29). The van der Waals surface area contributed by atoms with Crippen LogP contribution in [0.25, 0.3) is 16.6 Å². The summed E-state index contributed by atoms with van der Waals surface area (Å²) in [5.74, 6) is -2.26. The number of nitrogens with zero attached hydrogens (tertiary/aromatic N) is 2. The molecular weight excluding hydrogens is 399 g/mol. The summed E-state index contributed by atoms with van der Waals surface area (Å²) in [6, 6.07) is 6.13. The van der Waals surface area contributed by atoms with Crippen molar-refractivity contribution in [1.29, 1.82) is 0 Å². The first-order valence-electron chi connectivity index (χ1n) is 9.18. The maximum atomic E-state index is 13.8. The van der Waals surface area contributed by atoms with Crippen LogP contribution in [0.1, 0.15) is 26.6 Å². The molecule has 1 heterocycles. The zero-order chi connectivity index (χ0) is 22.1. The Bertz CT molecular complexity index is 1150. The van der Waals surface area contributed by atoms with Gasteiger partial charge in [-0.05, 0) is 51.1 Å². The molecule has 0 atom stereocenters. The lowest BCUT2D eigenvalue weighted by molar-refractivity contribution is 0.0528. The Morgan fingerprint density at radius 2 is 1.73 bits per heavy atom. The Morgan fingerprint density at radius 1 is 1.07 bits per heavy atom. The summed E-state index contributed by atoms with van der Waals surface area (Å²) in [7, 11) is 0. The maximum Gasteiger partial charge on any atom is 0.407 e. The number of benzene rings is 2. The summed E-state index contributed by atoms with van der Waals surface area (Å²) >= 11 is 0. The lowest BCUT2D eigenvalue weighted by atomic mass is 10.2. The molecule has 0 unspecified atom stereocenters. The van der Waals surface area contributed by atoms with Gasteiger partial charge in [-0.3, -0.25) is 9.36 Å². The van der Waals surface area contributed by atoms with E-state index in [2.05, 4.69) is 10.3 Å². The third kappa shape index (κ3) is 4.97. The van der Waals surface area contributed by atoms with E-state index < -0.39 is 34.7 Å². The average molecular weight is 419 g/mol. The zero-order valence-corrected chi connectivity index (χ0v) is 16.6. The van der Waals surface area contributed by atoms with Gasteiger partial charge in [0, 0.05) is 19.0 Å². The number of hydrogen-bond acceptors (Lipinski definition) is 4. The van der Waals surface area contributed by atoms with Gasteiger partial charge in [-0.2, -0.15) is 0 Å². The summed E-state index contributed by atoms with van der Waals surface area (Å²) in [6.45, 7) is 5.19. The lowest BCUT2D eigenvalue weighted by Crippen LogP contribution is -2.34. The number of hydrogen-bond donors (Lipinski definition) is 1. The zero-order valence-electron chi connectivity index (χ0n) is 16.6. The van der Waals surface area contributed by atoms with E-state index in [1.165, 1.54) is 6.07 Å². The molecule has 1 N–H and O–H groups in total. The van der Waals surface area contributed by atoms with E-state index in [0.29, 0.717) is 6.07 Å². The topological polar surface area (TPSA) is 73.2 Å². The fraction of sp³-hybridized carbons (Fsp3) is 0.286. The van der Waals surface area contributed by atoms with E-state index in [-0.39, 0.29) is 35.4 Å². The molecule has 0 aliphatic carbocycles. The van der Waals surface area contributed by atoms with Gasteiger partial charge in [0.05, 0.1) is 16.6 Å². The molecule has 0 aliphatic heterocycles. The van der Waals surface area contributed by atoms with Crippen molar-refractivity contribution in [2.45, 2.75) is 32.8 Å². The van der Waals surface area contributed by atoms with E-state index >= 15 is 0 Å². The Balaban J connectivity index is 2.02. The fourth-order valence-corrected chi connectivity index (χ4v) is 2.90. The van der Waals surface area contributed by atoms with Crippen LogP contribution in [0, 0.1) is 17.5 Å². The van der Waals surface area contributed by atoms with Crippen LogP contribution in [0.5, 0.6) is 0 Å². The number of fused-ring (bicyclic) bond motifs is 1. The molecule has 1 aromatic heterocycles. The Morgan fingerprint density at radius 3 is 2.37 bits per heavy atom. The highest BCUT2D eigenvalue weighted by Crippen LogP contribution is 2.17. The summed E-state index contributed by atoms with van der Waals surface area (Å²) in [5.41, 5.74) is -1.24. The van der Waals surface area contributed by atoms with Crippen molar-refractivity contribution in [3.63, 3.8) is 0 Å². The molecule has 0 aliphatic rings.